The summed E-state index contributed by atoms with van der Waals surface area (Å²) in [5.41, 5.74) is 0.975. The fraction of sp³-hybridized carbons (Fsp3) is 0.500. The second-order valence-electron chi connectivity index (χ2n) is 3.22. The second kappa shape index (κ2) is 4.64. The number of aromatic nitrogens is 1. The van der Waals surface area contributed by atoms with Gasteiger partial charge in [-0.15, -0.1) is 0 Å². The quantitative estimate of drug-likeness (QED) is 0.837. The van der Waals surface area contributed by atoms with Crippen LogP contribution in [0.2, 0.25) is 0 Å². The molecule has 0 aliphatic heterocycles. The molecule has 0 saturated carbocycles. The van der Waals surface area contributed by atoms with Crippen molar-refractivity contribution in [3.05, 3.63) is 16.2 Å². The van der Waals surface area contributed by atoms with Crippen LogP contribution in [0.3, 0.4) is 0 Å². The zero-order valence-corrected chi connectivity index (χ0v) is 10.4. The lowest BCUT2D eigenvalue weighted by Gasteiger charge is -2.12. The molecular formula is C10H14BrNO2. The number of ether oxygens (including phenoxy) is 2. The van der Waals surface area contributed by atoms with Crippen molar-refractivity contribution < 1.29 is 9.47 Å². The highest BCUT2D eigenvalue weighted by Crippen LogP contribution is 2.32. The lowest BCUT2D eigenvalue weighted by Crippen LogP contribution is -2.00. The van der Waals surface area contributed by atoms with Gasteiger partial charge < -0.3 is 9.47 Å². The van der Waals surface area contributed by atoms with Gasteiger partial charge in [-0.25, -0.2) is 4.98 Å². The zero-order chi connectivity index (χ0) is 10.7. The van der Waals surface area contributed by atoms with Gasteiger partial charge in [0.2, 0.25) is 0 Å². The molecule has 0 amide bonds. The van der Waals surface area contributed by atoms with Crippen molar-refractivity contribution in [2.45, 2.75) is 19.8 Å². The molecule has 0 radical (unpaired) electrons. The summed E-state index contributed by atoms with van der Waals surface area (Å²) in [6, 6.07) is 1.88. The fourth-order valence-electron chi connectivity index (χ4n) is 1.17. The molecular weight excluding hydrogens is 246 g/mol. The summed E-state index contributed by atoms with van der Waals surface area (Å²) in [4.78, 5) is 4.37. The minimum atomic E-state index is 0.351. The smallest absolute Gasteiger partial charge is 0.257 e. The summed E-state index contributed by atoms with van der Waals surface area (Å²) in [6.45, 7) is 4.16. The van der Waals surface area contributed by atoms with Gasteiger partial charge in [0, 0.05) is 10.5 Å². The molecule has 3 nitrogen and oxygen atoms in total. The normalized spacial score (nSPS) is 10.4. The third-order valence-electron chi connectivity index (χ3n) is 1.90. The number of halogens is 1. The van der Waals surface area contributed by atoms with Gasteiger partial charge in [0.1, 0.15) is 0 Å². The van der Waals surface area contributed by atoms with Crippen LogP contribution in [0.5, 0.6) is 11.6 Å². The van der Waals surface area contributed by atoms with Crippen LogP contribution < -0.4 is 9.47 Å². The Morgan fingerprint density at radius 2 is 1.93 bits per heavy atom. The maximum absolute atomic E-state index is 5.13. The van der Waals surface area contributed by atoms with E-state index in [0.717, 1.165) is 10.2 Å². The maximum Gasteiger partial charge on any atom is 0.257 e. The summed E-state index contributed by atoms with van der Waals surface area (Å²) < 4.78 is 11.2. The number of nitrogens with zero attached hydrogens (tertiary/aromatic N) is 1. The van der Waals surface area contributed by atoms with Gasteiger partial charge in [-0.3, -0.25) is 0 Å². The Hall–Kier alpha value is -0.770. The average Bonchev–Trinajstić information content (AvgIpc) is 2.16. The minimum Gasteiger partial charge on any atom is -0.491 e. The highest BCUT2D eigenvalue weighted by molar-refractivity contribution is 9.10. The molecule has 14 heavy (non-hydrogen) atoms. The molecule has 4 heteroatoms. The first-order valence-corrected chi connectivity index (χ1v) is 5.17. The maximum atomic E-state index is 5.13. The van der Waals surface area contributed by atoms with E-state index in [2.05, 4.69) is 34.8 Å². The van der Waals surface area contributed by atoms with Crippen molar-refractivity contribution >= 4 is 15.9 Å². The molecule has 1 heterocycles. The van der Waals surface area contributed by atoms with E-state index in [0.29, 0.717) is 17.5 Å². The molecule has 1 aromatic heterocycles. The summed E-state index contributed by atoms with van der Waals surface area (Å²) in [7, 11) is 3.18. The fourth-order valence-corrected chi connectivity index (χ4v) is 1.92. The van der Waals surface area contributed by atoms with Crippen LogP contribution in [0, 0.1) is 0 Å². The van der Waals surface area contributed by atoms with Gasteiger partial charge in [0.05, 0.1) is 19.9 Å². The minimum absolute atomic E-state index is 0.351. The van der Waals surface area contributed by atoms with E-state index >= 15 is 0 Å². The Kier molecular flexibility index (Phi) is 3.75. The molecule has 0 spiro atoms. The van der Waals surface area contributed by atoms with Crippen molar-refractivity contribution in [1.82, 2.24) is 4.98 Å². The van der Waals surface area contributed by atoms with Crippen LogP contribution in [0.25, 0.3) is 0 Å². The van der Waals surface area contributed by atoms with Crippen molar-refractivity contribution in [2.24, 2.45) is 0 Å². The van der Waals surface area contributed by atoms with E-state index in [1.165, 1.54) is 0 Å². The largest absolute Gasteiger partial charge is 0.491 e. The van der Waals surface area contributed by atoms with Gasteiger partial charge >= 0.3 is 0 Å². The molecule has 1 aromatic rings. The Balaban J connectivity index is 3.23. The number of pyridine rings is 1. The Bertz CT molecular complexity index is 326. The summed E-state index contributed by atoms with van der Waals surface area (Å²) in [5, 5.41) is 0. The van der Waals surface area contributed by atoms with E-state index in [1.807, 2.05) is 6.07 Å². The van der Waals surface area contributed by atoms with Crippen LogP contribution in [0.4, 0.5) is 0 Å². The topological polar surface area (TPSA) is 31.4 Å². The van der Waals surface area contributed by atoms with E-state index < -0.39 is 0 Å². The molecule has 0 fully saturated rings. The van der Waals surface area contributed by atoms with Gasteiger partial charge in [-0.05, 0) is 21.8 Å². The van der Waals surface area contributed by atoms with Crippen molar-refractivity contribution in [3.8, 4) is 11.6 Å². The van der Waals surface area contributed by atoms with Gasteiger partial charge in [0.25, 0.3) is 5.88 Å². The van der Waals surface area contributed by atoms with E-state index in [4.69, 9.17) is 9.47 Å². The Labute approximate surface area is 92.6 Å². The van der Waals surface area contributed by atoms with Gasteiger partial charge in [0.15, 0.2) is 5.75 Å². The van der Waals surface area contributed by atoms with E-state index in [-0.39, 0.29) is 0 Å². The molecule has 78 valence electrons. The van der Waals surface area contributed by atoms with Crippen LogP contribution in [-0.2, 0) is 0 Å². The summed E-state index contributed by atoms with van der Waals surface area (Å²) in [6.07, 6.45) is 0. The number of methoxy groups -OCH3 is 2. The molecule has 0 N–H and O–H groups in total. The predicted octanol–water partition coefficient (Wildman–Crippen LogP) is 2.98. The van der Waals surface area contributed by atoms with Crippen LogP contribution in [0.1, 0.15) is 25.5 Å². The van der Waals surface area contributed by atoms with E-state index in [9.17, 15) is 0 Å². The third-order valence-corrected chi connectivity index (χ3v) is 2.53. The lowest BCUT2D eigenvalue weighted by molar-refractivity contribution is 0.341. The predicted molar refractivity (Wildman–Crippen MR) is 59.1 cm³/mol. The zero-order valence-electron chi connectivity index (χ0n) is 8.80. The summed E-state index contributed by atoms with van der Waals surface area (Å²) in [5.74, 6) is 1.52. The standard InChI is InChI=1S/C10H14BrNO2/c1-6(2)9-7(11)5-8(13-3)10(12-9)14-4/h5-6H,1-4H3. The first-order chi connectivity index (χ1) is 6.60. The lowest BCUT2D eigenvalue weighted by atomic mass is 10.1. The first-order valence-electron chi connectivity index (χ1n) is 4.38. The van der Waals surface area contributed by atoms with Crippen LogP contribution in [0.15, 0.2) is 10.5 Å². The van der Waals surface area contributed by atoms with Crippen molar-refractivity contribution in [2.75, 3.05) is 14.2 Å². The third kappa shape index (κ3) is 2.18. The molecule has 0 atom stereocenters. The first kappa shape index (κ1) is 11.3. The SMILES string of the molecule is COc1cc(Br)c(C(C)C)nc1OC. The molecule has 0 saturated heterocycles. The Morgan fingerprint density at radius 3 is 2.36 bits per heavy atom. The summed E-state index contributed by atoms with van der Waals surface area (Å²) >= 11 is 3.45. The highest BCUT2D eigenvalue weighted by Gasteiger charge is 2.13. The second-order valence-corrected chi connectivity index (χ2v) is 4.08. The number of hydrogen-bond acceptors (Lipinski definition) is 3. The molecule has 0 unspecified atom stereocenters. The molecule has 0 aromatic carbocycles. The van der Waals surface area contributed by atoms with Gasteiger partial charge in [-0.2, -0.15) is 0 Å². The molecule has 0 aliphatic rings. The highest BCUT2D eigenvalue weighted by atomic mass is 79.9. The Morgan fingerprint density at radius 1 is 1.29 bits per heavy atom. The molecule has 0 aliphatic carbocycles. The van der Waals surface area contributed by atoms with Gasteiger partial charge in [-0.1, -0.05) is 13.8 Å². The van der Waals surface area contributed by atoms with Crippen molar-refractivity contribution in [3.63, 3.8) is 0 Å². The number of hydrogen-bond donors (Lipinski definition) is 0. The van der Waals surface area contributed by atoms with Crippen molar-refractivity contribution in [1.29, 1.82) is 0 Å². The number of rotatable bonds is 3. The monoisotopic (exact) mass is 259 g/mol. The van der Waals surface area contributed by atoms with E-state index in [1.54, 1.807) is 14.2 Å². The van der Waals surface area contributed by atoms with Crippen LogP contribution in [-0.4, -0.2) is 19.2 Å². The molecule has 0 bridgehead atoms. The molecule has 1 rings (SSSR count). The van der Waals surface area contributed by atoms with Crippen LogP contribution >= 0.6 is 15.9 Å². The average molecular weight is 260 g/mol.